The zero-order valence-electron chi connectivity index (χ0n) is 18.6. The molecule has 2 aromatic carbocycles. The number of hydrogen-bond donors (Lipinski definition) is 0. The topological polar surface area (TPSA) is 43.4 Å². The number of rotatable bonds is 6. The summed E-state index contributed by atoms with van der Waals surface area (Å²) in [5, 5.41) is 0. The molecule has 3 atom stereocenters. The van der Waals surface area contributed by atoms with E-state index in [-0.39, 0.29) is 47.8 Å². The maximum atomic E-state index is 12.9. The number of quaternary nitrogens is 1. The molecule has 2 aliphatic heterocycles. The zero-order valence-corrected chi connectivity index (χ0v) is 20.7. The van der Waals surface area contributed by atoms with Gasteiger partial charge in [0.15, 0.2) is 5.78 Å². The lowest BCUT2D eigenvalue weighted by Gasteiger charge is -2.46. The minimum atomic E-state index is -0.389. The molecule has 2 saturated heterocycles. The number of nitrogens with zero attached hydrogens (tertiary/aromatic N) is 1. The SMILES string of the molecule is CC[N+]1(C)C2CCC1CC(OC(=O)C(C)c1cccc(C(=O)c3ccccc3)c1)C2.[I-]. The van der Waals surface area contributed by atoms with Crippen molar-refractivity contribution in [3.05, 3.63) is 71.3 Å². The molecular formula is C26H32INO3. The van der Waals surface area contributed by atoms with Crippen LogP contribution in [0.15, 0.2) is 54.6 Å². The summed E-state index contributed by atoms with van der Waals surface area (Å²) in [6.07, 6.45) is 4.42. The van der Waals surface area contributed by atoms with E-state index in [1.54, 1.807) is 6.07 Å². The Morgan fingerprint density at radius 3 is 2.23 bits per heavy atom. The van der Waals surface area contributed by atoms with Gasteiger partial charge in [0.05, 0.1) is 31.6 Å². The summed E-state index contributed by atoms with van der Waals surface area (Å²) < 4.78 is 7.11. The molecule has 3 unspecified atom stereocenters. The Bertz CT molecular complexity index is 915. The zero-order chi connectivity index (χ0) is 21.3. The van der Waals surface area contributed by atoms with Crippen LogP contribution in [0.2, 0.25) is 0 Å². The monoisotopic (exact) mass is 533 g/mol. The fraction of sp³-hybridized carbons (Fsp3) is 0.462. The first kappa shape index (κ1) is 23.9. The first-order valence-electron chi connectivity index (χ1n) is 11.2. The van der Waals surface area contributed by atoms with Crippen LogP contribution in [-0.4, -0.2) is 48.0 Å². The fourth-order valence-electron chi connectivity index (χ4n) is 5.41. The van der Waals surface area contributed by atoms with Crippen molar-refractivity contribution in [1.82, 2.24) is 0 Å². The van der Waals surface area contributed by atoms with Gasteiger partial charge in [-0.25, -0.2) is 0 Å². The highest BCUT2D eigenvalue weighted by atomic mass is 127. The molecule has 0 N–H and O–H groups in total. The Hall–Kier alpha value is -1.73. The molecular weight excluding hydrogens is 501 g/mol. The highest BCUT2D eigenvalue weighted by molar-refractivity contribution is 6.09. The van der Waals surface area contributed by atoms with Gasteiger partial charge < -0.3 is 33.2 Å². The van der Waals surface area contributed by atoms with Crippen molar-refractivity contribution in [1.29, 1.82) is 0 Å². The second-order valence-electron chi connectivity index (χ2n) is 9.12. The van der Waals surface area contributed by atoms with Crippen molar-refractivity contribution in [3.63, 3.8) is 0 Å². The average Bonchev–Trinajstić information content (AvgIpc) is 2.94. The molecule has 2 fully saturated rings. The molecule has 5 heteroatoms. The van der Waals surface area contributed by atoms with Gasteiger partial charge in [0.25, 0.3) is 0 Å². The van der Waals surface area contributed by atoms with Crippen molar-refractivity contribution in [2.24, 2.45) is 0 Å². The van der Waals surface area contributed by atoms with E-state index in [9.17, 15) is 9.59 Å². The molecule has 2 heterocycles. The standard InChI is InChI=1S/C26H32NO3.HI/c1-4-27(3)22-13-14-23(27)17-24(16-22)30-26(29)18(2)20-11-8-12-21(15-20)25(28)19-9-6-5-7-10-19;/h5-12,15,18,22-24H,4,13-14,16-17H2,1-3H3;1H/q+1;/p-1. The van der Waals surface area contributed by atoms with Crippen molar-refractivity contribution in [2.75, 3.05) is 13.6 Å². The molecule has 31 heavy (non-hydrogen) atoms. The molecule has 2 bridgehead atoms. The van der Waals surface area contributed by atoms with Crippen LogP contribution in [0, 0.1) is 0 Å². The van der Waals surface area contributed by atoms with Crippen LogP contribution < -0.4 is 24.0 Å². The Labute approximate surface area is 202 Å². The summed E-state index contributed by atoms with van der Waals surface area (Å²) in [5.74, 6) is -0.602. The van der Waals surface area contributed by atoms with E-state index < -0.39 is 0 Å². The van der Waals surface area contributed by atoms with E-state index in [4.69, 9.17) is 4.74 Å². The van der Waals surface area contributed by atoms with E-state index in [0.717, 1.165) is 29.4 Å². The molecule has 2 aliphatic rings. The third-order valence-electron chi connectivity index (χ3n) is 7.57. The predicted molar refractivity (Wildman–Crippen MR) is 117 cm³/mol. The molecule has 4 rings (SSSR count). The van der Waals surface area contributed by atoms with Gasteiger partial charge in [-0.05, 0) is 25.5 Å². The average molecular weight is 533 g/mol. The predicted octanol–water partition coefficient (Wildman–Crippen LogP) is 1.73. The first-order valence-corrected chi connectivity index (χ1v) is 11.2. The molecule has 4 nitrogen and oxygen atoms in total. The normalized spacial score (nSPS) is 27.8. The van der Waals surface area contributed by atoms with Gasteiger partial charge in [-0.3, -0.25) is 9.59 Å². The molecule has 0 aliphatic carbocycles. The van der Waals surface area contributed by atoms with Crippen LogP contribution in [0.1, 0.15) is 66.9 Å². The Kier molecular flexibility index (Phi) is 7.58. The molecule has 0 spiro atoms. The number of hydrogen-bond acceptors (Lipinski definition) is 3. The summed E-state index contributed by atoms with van der Waals surface area (Å²) in [6, 6.07) is 17.8. The van der Waals surface area contributed by atoms with Crippen LogP contribution in [0.5, 0.6) is 0 Å². The Balaban J connectivity index is 0.00000272. The van der Waals surface area contributed by atoms with E-state index in [2.05, 4.69) is 14.0 Å². The number of fused-ring (bicyclic) bond motifs is 2. The van der Waals surface area contributed by atoms with E-state index >= 15 is 0 Å². The van der Waals surface area contributed by atoms with Crippen LogP contribution in [0.25, 0.3) is 0 Å². The third-order valence-corrected chi connectivity index (χ3v) is 7.57. The molecule has 0 amide bonds. The first-order chi connectivity index (χ1) is 14.4. The number of benzene rings is 2. The lowest BCUT2D eigenvalue weighted by atomic mass is 9.94. The van der Waals surface area contributed by atoms with Gasteiger partial charge in [0, 0.05) is 36.8 Å². The van der Waals surface area contributed by atoms with Gasteiger partial charge in [-0.15, -0.1) is 0 Å². The quantitative estimate of drug-likeness (QED) is 0.246. The van der Waals surface area contributed by atoms with Crippen molar-refractivity contribution >= 4 is 11.8 Å². The minimum absolute atomic E-state index is 0. The van der Waals surface area contributed by atoms with Gasteiger partial charge in [0.1, 0.15) is 6.10 Å². The van der Waals surface area contributed by atoms with Crippen LogP contribution >= 0.6 is 0 Å². The fourth-order valence-corrected chi connectivity index (χ4v) is 5.41. The molecule has 166 valence electrons. The van der Waals surface area contributed by atoms with Crippen molar-refractivity contribution in [3.8, 4) is 0 Å². The second kappa shape index (κ2) is 9.82. The molecule has 0 saturated carbocycles. The number of esters is 1. The van der Waals surface area contributed by atoms with Crippen molar-refractivity contribution in [2.45, 2.75) is 63.6 Å². The summed E-state index contributed by atoms with van der Waals surface area (Å²) in [7, 11) is 2.36. The maximum Gasteiger partial charge on any atom is 0.313 e. The highest BCUT2D eigenvalue weighted by Crippen LogP contribution is 2.42. The van der Waals surface area contributed by atoms with E-state index in [1.807, 2.05) is 55.5 Å². The van der Waals surface area contributed by atoms with E-state index in [1.165, 1.54) is 12.8 Å². The summed E-state index contributed by atoms with van der Waals surface area (Å²) in [4.78, 5) is 25.7. The maximum absolute atomic E-state index is 12.9. The molecule has 2 aromatic rings. The number of carbonyl (C=O) groups excluding carboxylic acids is 2. The van der Waals surface area contributed by atoms with Gasteiger partial charge in [-0.1, -0.05) is 48.5 Å². The van der Waals surface area contributed by atoms with Gasteiger partial charge in [0.2, 0.25) is 0 Å². The van der Waals surface area contributed by atoms with Crippen LogP contribution in [-0.2, 0) is 9.53 Å². The minimum Gasteiger partial charge on any atom is -1.00 e. The smallest absolute Gasteiger partial charge is 0.313 e. The number of ether oxygens (including phenoxy) is 1. The largest absolute Gasteiger partial charge is 1.00 e. The van der Waals surface area contributed by atoms with Gasteiger partial charge in [-0.2, -0.15) is 0 Å². The highest BCUT2D eigenvalue weighted by Gasteiger charge is 2.51. The van der Waals surface area contributed by atoms with E-state index in [0.29, 0.717) is 23.2 Å². The van der Waals surface area contributed by atoms with Gasteiger partial charge >= 0.3 is 5.97 Å². The van der Waals surface area contributed by atoms with Crippen LogP contribution in [0.3, 0.4) is 0 Å². The lowest BCUT2D eigenvalue weighted by molar-refractivity contribution is -0.947. The second-order valence-corrected chi connectivity index (χ2v) is 9.12. The summed E-state index contributed by atoms with van der Waals surface area (Å²) in [6.45, 7) is 5.29. The van der Waals surface area contributed by atoms with Crippen molar-refractivity contribution < 1.29 is 42.8 Å². The summed E-state index contributed by atoms with van der Waals surface area (Å²) >= 11 is 0. The number of piperidine rings is 1. The Morgan fingerprint density at radius 1 is 1.00 bits per heavy atom. The lowest BCUT2D eigenvalue weighted by Crippen LogP contribution is -3.00. The molecule has 0 aromatic heterocycles. The number of carbonyl (C=O) groups is 2. The summed E-state index contributed by atoms with van der Waals surface area (Å²) in [5.41, 5.74) is 2.08. The Morgan fingerprint density at radius 2 is 1.61 bits per heavy atom. The molecule has 0 radical (unpaired) electrons. The van der Waals surface area contributed by atoms with Crippen LogP contribution in [0.4, 0.5) is 0 Å². The number of halogens is 1. The third kappa shape index (κ3) is 4.72. The number of ketones is 1.